The van der Waals surface area contributed by atoms with E-state index in [1.807, 2.05) is 65.3 Å². The van der Waals surface area contributed by atoms with E-state index in [0.717, 1.165) is 35.5 Å². The number of fused-ring (bicyclic) bond motifs is 1. The molecule has 1 aromatic heterocycles. The van der Waals surface area contributed by atoms with E-state index in [-0.39, 0.29) is 29.7 Å². The van der Waals surface area contributed by atoms with Crippen LogP contribution in [0.4, 0.5) is 0 Å². The molecule has 0 aliphatic carbocycles. The maximum Gasteiger partial charge on any atom is 0.228 e. The molecule has 0 N–H and O–H groups in total. The topological polar surface area (TPSA) is 53.5 Å². The van der Waals surface area contributed by atoms with E-state index in [1.165, 1.54) is 4.70 Å². The van der Waals surface area contributed by atoms with E-state index < -0.39 is 0 Å². The Labute approximate surface area is 186 Å². The number of amides is 2. The van der Waals surface area contributed by atoms with Gasteiger partial charge in [0.15, 0.2) is 0 Å². The van der Waals surface area contributed by atoms with Crippen LogP contribution < -0.4 is 0 Å². The Morgan fingerprint density at radius 3 is 2.68 bits per heavy atom. The number of benzene rings is 2. The monoisotopic (exact) mass is 433 g/mol. The second-order valence-electron chi connectivity index (χ2n) is 8.68. The zero-order valence-electron chi connectivity index (χ0n) is 17.7. The molecule has 2 aliphatic heterocycles. The molecule has 0 saturated carbocycles. The fourth-order valence-corrected chi connectivity index (χ4v) is 5.98. The number of carbonyl (C=O) groups excluding carboxylic acids is 2. The van der Waals surface area contributed by atoms with Crippen molar-refractivity contribution in [3.8, 4) is 0 Å². The molecule has 0 unspecified atom stereocenters. The van der Waals surface area contributed by atoms with Crippen LogP contribution in [0.25, 0.3) is 10.2 Å². The van der Waals surface area contributed by atoms with Crippen molar-refractivity contribution in [3.63, 3.8) is 0 Å². The highest BCUT2D eigenvalue weighted by Crippen LogP contribution is 2.35. The van der Waals surface area contributed by atoms with E-state index in [2.05, 4.69) is 6.07 Å². The minimum absolute atomic E-state index is 0.0108. The molecule has 3 atom stereocenters. The van der Waals surface area contributed by atoms with Crippen molar-refractivity contribution in [1.82, 2.24) is 14.8 Å². The fourth-order valence-electron chi connectivity index (χ4n) is 4.88. The van der Waals surface area contributed by atoms with Crippen LogP contribution in [-0.2, 0) is 9.59 Å². The lowest BCUT2D eigenvalue weighted by Gasteiger charge is -2.33. The summed E-state index contributed by atoms with van der Waals surface area (Å²) in [5.74, 6) is 0.246. The van der Waals surface area contributed by atoms with Crippen molar-refractivity contribution in [3.05, 3.63) is 65.2 Å². The Morgan fingerprint density at radius 2 is 1.87 bits per heavy atom. The van der Waals surface area contributed by atoms with Crippen LogP contribution in [0.2, 0.25) is 0 Å². The molecule has 0 spiro atoms. The summed E-state index contributed by atoms with van der Waals surface area (Å²) in [5, 5.41) is 1.13. The summed E-state index contributed by atoms with van der Waals surface area (Å²) in [6.45, 7) is 4.04. The summed E-state index contributed by atoms with van der Waals surface area (Å²) in [6, 6.07) is 18.2. The zero-order chi connectivity index (χ0) is 21.4. The number of thiazole rings is 1. The molecule has 0 radical (unpaired) electrons. The third kappa shape index (κ3) is 3.97. The Morgan fingerprint density at radius 1 is 1.10 bits per heavy atom. The van der Waals surface area contributed by atoms with Crippen molar-refractivity contribution in [1.29, 1.82) is 0 Å². The quantitative estimate of drug-likeness (QED) is 0.604. The Kier molecular flexibility index (Phi) is 5.48. The van der Waals surface area contributed by atoms with Crippen molar-refractivity contribution in [2.45, 2.75) is 38.1 Å². The number of likely N-dealkylation sites (tertiary alicyclic amines) is 2. The van der Waals surface area contributed by atoms with Gasteiger partial charge in [-0.15, -0.1) is 11.3 Å². The van der Waals surface area contributed by atoms with Crippen molar-refractivity contribution >= 4 is 33.4 Å². The first-order chi connectivity index (χ1) is 15.1. The average molecular weight is 434 g/mol. The van der Waals surface area contributed by atoms with Crippen LogP contribution in [0.15, 0.2) is 54.6 Å². The molecule has 2 aliphatic rings. The molecule has 3 heterocycles. The smallest absolute Gasteiger partial charge is 0.228 e. The van der Waals surface area contributed by atoms with Gasteiger partial charge in [0.1, 0.15) is 0 Å². The molecule has 160 valence electrons. The van der Waals surface area contributed by atoms with E-state index in [1.54, 1.807) is 11.3 Å². The predicted octanol–water partition coefficient (Wildman–Crippen LogP) is 4.61. The molecule has 31 heavy (non-hydrogen) atoms. The van der Waals surface area contributed by atoms with E-state index in [4.69, 9.17) is 4.98 Å². The lowest BCUT2D eigenvalue weighted by molar-refractivity contribution is -0.137. The maximum atomic E-state index is 13.3. The number of nitrogens with zero attached hydrogens (tertiary/aromatic N) is 3. The predicted molar refractivity (Wildman–Crippen MR) is 123 cm³/mol. The molecule has 0 bridgehead atoms. The van der Waals surface area contributed by atoms with Crippen molar-refractivity contribution in [2.75, 3.05) is 19.6 Å². The van der Waals surface area contributed by atoms with Gasteiger partial charge in [-0.05, 0) is 37.5 Å². The number of hydrogen-bond acceptors (Lipinski definition) is 4. The van der Waals surface area contributed by atoms with Crippen molar-refractivity contribution in [2.24, 2.45) is 5.92 Å². The normalized spacial score (nSPS) is 22.8. The van der Waals surface area contributed by atoms with Crippen LogP contribution in [0.5, 0.6) is 0 Å². The molecule has 2 fully saturated rings. The van der Waals surface area contributed by atoms with Gasteiger partial charge in [0, 0.05) is 32.0 Å². The molecule has 5 nitrogen and oxygen atoms in total. The summed E-state index contributed by atoms with van der Waals surface area (Å²) in [6.07, 6.45) is 2.36. The van der Waals surface area contributed by atoms with Gasteiger partial charge in [-0.1, -0.05) is 42.5 Å². The fraction of sp³-hybridized carbons (Fsp3) is 0.400. The molecule has 2 amide bonds. The summed E-state index contributed by atoms with van der Waals surface area (Å²) < 4.78 is 1.20. The minimum atomic E-state index is -0.243. The average Bonchev–Trinajstić information content (AvgIpc) is 3.42. The first kappa shape index (κ1) is 20.2. The van der Waals surface area contributed by atoms with Gasteiger partial charge in [-0.25, -0.2) is 4.98 Å². The van der Waals surface area contributed by atoms with E-state index >= 15 is 0 Å². The molecule has 2 aromatic carbocycles. The van der Waals surface area contributed by atoms with Gasteiger partial charge in [0.25, 0.3) is 0 Å². The van der Waals surface area contributed by atoms with Crippen LogP contribution >= 0.6 is 11.3 Å². The van der Waals surface area contributed by atoms with E-state index in [0.29, 0.717) is 19.5 Å². The summed E-state index contributed by atoms with van der Waals surface area (Å²) in [4.78, 5) is 34.7. The number of rotatable bonds is 4. The lowest BCUT2D eigenvalue weighted by Crippen LogP contribution is -2.43. The standard InChI is InChI=1S/C25H27N3O2S/c1-17(18-8-3-2-4-9-18)28-16-20(14-23(28)29)25(30)27-13-7-10-19(15-27)24-26-21-11-5-6-12-22(21)31-24/h2-6,8-9,11-12,17,19-20H,7,10,13-16H2,1H3/t17-,19+,20+/m1/s1. The Balaban J connectivity index is 1.27. The second-order valence-corrected chi connectivity index (χ2v) is 9.74. The van der Waals surface area contributed by atoms with Crippen molar-refractivity contribution < 1.29 is 9.59 Å². The third-order valence-electron chi connectivity index (χ3n) is 6.65. The van der Waals surface area contributed by atoms with Gasteiger partial charge < -0.3 is 9.80 Å². The number of carbonyl (C=O) groups is 2. The van der Waals surface area contributed by atoms with Gasteiger partial charge in [-0.2, -0.15) is 0 Å². The number of para-hydroxylation sites is 1. The van der Waals surface area contributed by atoms with Gasteiger partial charge in [0.2, 0.25) is 11.8 Å². The molecule has 5 rings (SSSR count). The molecule has 3 aromatic rings. The molecular weight excluding hydrogens is 406 g/mol. The Bertz CT molecular complexity index is 1060. The first-order valence-electron chi connectivity index (χ1n) is 11.1. The van der Waals surface area contributed by atoms with Crippen LogP contribution in [0, 0.1) is 5.92 Å². The molecule has 6 heteroatoms. The van der Waals surface area contributed by atoms with Gasteiger partial charge in [-0.3, -0.25) is 9.59 Å². The maximum absolute atomic E-state index is 13.3. The summed E-state index contributed by atoms with van der Waals surface area (Å²) >= 11 is 1.74. The Hall–Kier alpha value is -2.73. The highest BCUT2D eigenvalue weighted by atomic mass is 32.1. The summed E-state index contributed by atoms with van der Waals surface area (Å²) in [5.41, 5.74) is 2.15. The highest BCUT2D eigenvalue weighted by Gasteiger charge is 2.40. The van der Waals surface area contributed by atoms with Crippen LogP contribution in [-0.4, -0.2) is 46.2 Å². The number of piperidine rings is 1. The third-order valence-corrected chi connectivity index (χ3v) is 7.85. The largest absolute Gasteiger partial charge is 0.342 e. The lowest BCUT2D eigenvalue weighted by atomic mass is 9.96. The number of hydrogen-bond donors (Lipinski definition) is 0. The van der Waals surface area contributed by atoms with Gasteiger partial charge >= 0.3 is 0 Å². The first-order valence-corrected chi connectivity index (χ1v) is 11.9. The van der Waals surface area contributed by atoms with Crippen LogP contribution in [0.3, 0.4) is 0 Å². The van der Waals surface area contributed by atoms with Crippen LogP contribution in [0.1, 0.15) is 48.7 Å². The van der Waals surface area contributed by atoms with Gasteiger partial charge in [0.05, 0.1) is 27.2 Å². The highest BCUT2D eigenvalue weighted by molar-refractivity contribution is 7.18. The summed E-state index contributed by atoms with van der Waals surface area (Å²) in [7, 11) is 0. The zero-order valence-corrected chi connectivity index (χ0v) is 18.6. The second kappa shape index (κ2) is 8.42. The molecule has 2 saturated heterocycles. The minimum Gasteiger partial charge on any atom is -0.342 e. The van der Waals surface area contributed by atoms with E-state index in [9.17, 15) is 9.59 Å². The molecular formula is C25H27N3O2S. The SMILES string of the molecule is C[C@H](c1ccccc1)N1C[C@@H](C(=O)N2CCC[C@H](c3nc4ccccc4s3)C2)CC1=O. The number of aromatic nitrogens is 1.